The van der Waals surface area contributed by atoms with Crippen LogP contribution < -0.4 is 4.90 Å². The van der Waals surface area contributed by atoms with Crippen LogP contribution in [0.5, 0.6) is 0 Å². The van der Waals surface area contributed by atoms with Gasteiger partial charge in [0, 0.05) is 19.0 Å². The Morgan fingerprint density at radius 2 is 2.00 bits per heavy atom. The van der Waals surface area contributed by atoms with Crippen molar-refractivity contribution in [2.45, 2.75) is 34.1 Å². The molecule has 0 bridgehead atoms. The fourth-order valence-corrected chi connectivity index (χ4v) is 1.31. The van der Waals surface area contributed by atoms with Gasteiger partial charge in [0.25, 0.3) is 5.95 Å². The summed E-state index contributed by atoms with van der Waals surface area (Å²) in [5.74, 6) is 1.09. The minimum Gasteiger partial charge on any atom is -0.339 e. The number of hydrogen-bond acceptors (Lipinski definition) is 5. The minimum atomic E-state index is 0.00352. The fourth-order valence-electron chi connectivity index (χ4n) is 1.31. The lowest BCUT2D eigenvalue weighted by atomic mass is 10.1. The van der Waals surface area contributed by atoms with Gasteiger partial charge in [-0.25, -0.2) is 0 Å². The minimum absolute atomic E-state index is 0.00352. The number of ketones is 1. The molecular formula is C11H19N3O2. The Morgan fingerprint density at radius 1 is 1.38 bits per heavy atom. The zero-order valence-corrected chi connectivity index (χ0v) is 10.4. The van der Waals surface area contributed by atoms with Crippen molar-refractivity contribution in [3.63, 3.8) is 0 Å². The molecule has 1 heterocycles. The number of nitrogens with zero attached hydrogens (tertiary/aromatic N) is 3. The molecule has 1 rings (SSSR count). The Morgan fingerprint density at radius 3 is 2.50 bits per heavy atom. The number of carbonyl (C=O) groups is 1. The molecule has 0 fully saturated rings. The molecule has 16 heavy (non-hydrogen) atoms. The Kier molecular flexibility index (Phi) is 4.46. The quantitative estimate of drug-likeness (QED) is 0.737. The summed E-state index contributed by atoms with van der Waals surface area (Å²) < 4.78 is 5.05. The van der Waals surface area contributed by atoms with Gasteiger partial charge in [-0.1, -0.05) is 13.8 Å². The third-order valence-corrected chi connectivity index (χ3v) is 2.47. The van der Waals surface area contributed by atoms with Crippen LogP contribution in [0.2, 0.25) is 0 Å². The first-order valence-corrected chi connectivity index (χ1v) is 5.68. The number of Topliss-reactive ketones (excluding diaryl/α,β-unsaturated/α-hetero) is 1. The van der Waals surface area contributed by atoms with Crippen molar-refractivity contribution >= 4 is 11.7 Å². The second-order valence-corrected chi connectivity index (χ2v) is 3.96. The molecule has 0 atom stereocenters. The van der Waals surface area contributed by atoms with Crippen LogP contribution >= 0.6 is 0 Å². The summed E-state index contributed by atoms with van der Waals surface area (Å²) in [6.07, 6.45) is 0.228. The molecule has 90 valence electrons. The molecule has 0 radical (unpaired) electrons. The molecule has 0 saturated heterocycles. The van der Waals surface area contributed by atoms with Gasteiger partial charge in [-0.15, -0.1) is 0 Å². The van der Waals surface area contributed by atoms with Crippen LogP contribution in [-0.2, 0) is 11.2 Å². The lowest BCUT2D eigenvalue weighted by molar-refractivity contribution is -0.121. The van der Waals surface area contributed by atoms with E-state index in [0.717, 1.165) is 13.1 Å². The van der Waals surface area contributed by atoms with Gasteiger partial charge < -0.3 is 9.42 Å². The predicted molar refractivity (Wildman–Crippen MR) is 61.4 cm³/mol. The summed E-state index contributed by atoms with van der Waals surface area (Å²) in [4.78, 5) is 17.7. The van der Waals surface area contributed by atoms with E-state index in [1.165, 1.54) is 0 Å². The van der Waals surface area contributed by atoms with E-state index in [1.54, 1.807) is 0 Å². The van der Waals surface area contributed by atoms with Crippen molar-refractivity contribution in [2.24, 2.45) is 5.92 Å². The van der Waals surface area contributed by atoms with Gasteiger partial charge >= 0.3 is 0 Å². The molecule has 5 heteroatoms. The van der Waals surface area contributed by atoms with Crippen LogP contribution in [0.15, 0.2) is 4.52 Å². The normalized spacial score (nSPS) is 10.8. The zero-order chi connectivity index (χ0) is 12.1. The molecule has 0 aliphatic carbocycles. The van der Waals surface area contributed by atoms with E-state index in [2.05, 4.69) is 10.1 Å². The van der Waals surface area contributed by atoms with Gasteiger partial charge in [0.2, 0.25) is 5.89 Å². The average molecular weight is 225 g/mol. The molecule has 0 unspecified atom stereocenters. The van der Waals surface area contributed by atoms with E-state index in [9.17, 15) is 4.79 Å². The molecular weight excluding hydrogens is 206 g/mol. The third kappa shape index (κ3) is 3.05. The topological polar surface area (TPSA) is 59.2 Å². The zero-order valence-electron chi connectivity index (χ0n) is 10.4. The van der Waals surface area contributed by atoms with E-state index in [0.29, 0.717) is 11.8 Å². The monoisotopic (exact) mass is 225 g/mol. The number of rotatable bonds is 6. The van der Waals surface area contributed by atoms with Crippen molar-refractivity contribution in [1.82, 2.24) is 10.1 Å². The van der Waals surface area contributed by atoms with Crippen LogP contribution in [0.1, 0.15) is 33.6 Å². The predicted octanol–water partition coefficient (Wildman–Crippen LogP) is 1.68. The standard InChI is InChI=1S/C11H19N3O2/c1-5-14(6-2)11-12-10(16-13-11)7-9(15)8(3)4/h8H,5-7H2,1-4H3. The molecule has 0 amide bonds. The highest BCUT2D eigenvalue weighted by atomic mass is 16.5. The van der Waals surface area contributed by atoms with Gasteiger partial charge in [0.05, 0.1) is 6.42 Å². The molecule has 1 aromatic rings. The second-order valence-electron chi connectivity index (χ2n) is 3.96. The van der Waals surface area contributed by atoms with E-state index in [1.807, 2.05) is 32.6 Å². The van der Waals surface area contributed by atoms with Crippen molar-refractivity contribution in [3.8, 4) is 0 Å². The number of aromatic nitrogens is 2. The lowest BCUT2D eigenvalue weighted by Crippen LogP contribution is -2.23. The first-order chi connectivity index (χ1) is 7.58. The molecule has 1 aromatic heterocycles. The Hall–Kier alpha value is -1.39. The van der Waals surface area contributed by atoms with Crippen LogP contribution in [0, 0.1) is 5.92 Å². The summed E-state index contributed by atoms with van der Waals surface area (Å²) in [7, 11) is 0. The highest BCUT2D eigenvalue weighted by molar-refractivity contribution is 5.81. The maximum absolute atomic E-state index is 11.5. The first-order valence-electron chi connectivity index (χ1n) is 5.68. The molecule has 0 aromatic carbocycles. The highest BCUT2D eigenvalue weighted by Gasteiger charge is 2.15. The van der Waals surface area contributed by atoms with E-state index < -0.39 is 0 Å². The summed E-state index contributed by atoms with van der Waals surface area (Å²) in [6.45, 7) is 9.44. The molecule has 5 nitrogen and oxygen atoms in total. The van der Waals surface area contributed by atoms with E-state index in [-0.39, 0.29) is 18.1 Å². The molecule has 0 aliphatic heterocycles. The molecule has 0 saturated carbocycles. The Labute approximate surface area is 95.8 Å². The van der Waals surface area contributed by atoms with Crippen molar-refractivity contribution in [3.05, 3.63) is 5.89 Å². The van der Waals surface area contributed by atoms with Crippen molar-refractivity contribution in [1.29, 1.82) is 0 Å². The van der Waals surface area contributed by atoms with E-state index in [4.69, 9.17) is 4.52 Å². The highest BCUT2D eigenvalue weighted by Crippen LogP contribution is 2.10. The lowest BCUT2D eigenvalue weighted by Gasteiger charge is -2.14. The van der Waals surface area contributed by atoms with Gasteiger partial charge in [-0.2, -0.15) is 4.98 Å². The molecule has 0 aliphatic rings. The SMILES string of the molecule is CCN(CC)c1noc(CC(=O)C(C)C)n1. The maximum Gasteiger partial charge on any atom is 0.266 e. The summed E-state index contributed by atoms with van der Waals surface area (Å²) in [5.41, 5.74) is 0. The van der Waals surface area contributed by atoms with Crippen LogP contribution in [0.3, 0.4) is 0 Å². The first kappa shape index (κ1) is 12.7. The smallest absolute Gasteiger partial charge is 0.266 e. The van der Waals surface area contributed by atoms with E-state index >= 15 is 0 Å². The Bertz CT molecular complexity index is 343. The van der Waals surface area contributed by atoms with Gasteiger partial charge in [-0.05, 0) is 19.0 Å². The number of anilines is 1. The van der Waals surface area contributed by atoms with Gasteiger partial charge in [-0.3, -0.25) is 4.79 Å². The molecule has 0 spiro atoms. The van der Waals surface area contributed by atoms with Gasteiger partial charge in [0.15, 0.2) is 0 Å². The van der Waals surface area contributed by atoms with Crippen molar-refractivity contribution < 1.29 is 9.32 Å². The fraction of sp³-hybridized carbons (Fsp3) is 0.727. The third-order valence-electron chi connectivity index (χ3n) is 2.47. The number of carbonyl (C=O) groups excluding carboxylic acids is 1. The summed E-state index contributed by atoms with van der Waals surface area (Å²) in [5, 5.41) is 3.86. The van der Waals surface area contributed by atoms with Crippen LogP contribution in [0.25, 0.3) is 0 Å². The van der Waals surface area contributed by atoms with Crippen LogP contribution in [0.4, 0.5) is 5.95 Å². The average Bonchev–Trinajstić information content (AvgIpc) is 2.68. The maximum atomic E-state index is 11.5. The van der Waals surface area contributed by atoms with Crippen molar-refractivity contribution in [2.75, 3.05) is 18.0 Å². The van der Waals surface area contributed by atoms with Crippen LogP contribution in [-0.4, -0.2) is 29.0 Å². The molecule has 0 N–H and O–H groups in total. The summed E-state index contributed by atoms with van der Waals surface area (Å²) >= 11 is 0. The summed E-state index contributed by atoms with van der Waals surface area (Å²) in [6, 6.07) is 0. The number of hydrogen-bond donors (Lipinski definition) is 0. The largest absolute Gasteiger partial charge is 0.339 e. The second kappa shape index (κ2) is 5.63. The van der Waals surface area contributed by atoms with Gasteiger partial charge in [0.1, 0.15) is 5.78 Å². The Balaban J connectivity index is 2.68.